The molecule has 0 aliphatic carbocycles. The SMILES string of the molecule is COc1ccc(CCNC(=O)C2CC(c3ccc(F)cc3)NN2)cc1OC. The molecule has 7 heteroatoms. The Kier molecular flexibility index (Phi) is 6.26. The number of carbonyl (C=O) groups is 1. The van der Waals surface area contributed by atoms with Crippen molar-refractivity contribution < 1.29 is 18.7 Å². The monoisotopic (exact) mass is 373 g/mol. The summed E-state index contributed by atoms with van der Waals surface area (Å²) >= 11 is 0. The normalized spacial score (nSPS) is 18.9. The van der Waals surface area contributed by atoms with Crippen LogP contribution in [0, 0.1) is 5.82 Å². The molecule has 2 unspecified atom stereocenters. The molecule has 2 aromatic carbocycles. The molecule has 1 heterocycles. The molecule has 6 nitrogen and oxygen atoms in total. The molecule has 0 spiro atoms. The van der Waals surface area contributed by atoms with Gasteiger partial charge in [0.15, 0.2) is 11.5 Å². The van der Waals surface area contributed by atoms with E-state index in [1.54, 1.807) is 26.4 Å². The van der Waals surface area contributed by atoms with Gasteiger partial charge in [-0.05, 0) is 48.2 Å². The topological polar surface area (TPSA) is 71.6 Å². The van der Waals surface area contributed by atoms with E-state index in [0.29, 0.717) is 30.9 Å². The molecule has 2 aromatic rings. The molecule has 3 N–H and O–H groups in total. The summed E-state index contributed by atoms with van der Waals surface area (Å²) in [7, 11) is 3.19. The van der Waals surface area contributed by atoms with Crippen molar-refractivity contribution in [2.24, 2.45) is 0 Å². The fourth-order valence-corrected chi connectivity index (χ4v) is 3.13. The molecular formula is C20H24FN3O3. The van der Waals surface area contributed by atoms with Crippen LogP contribution in [-0.4, -0.2) is 32.7 Å². The molecule has 1 aliphatic rings. The predicted molar refractivity (Wildman–Crippen MR) is 100 cm³/mol. The van der Waals surface area contributed by atoms with Crippen LogP contribution in [0.2, 0.25) is 0 Å². The molecular weight excluding hydrogens is 349 g/mol. The Balaban J connectivity index is 1.48. The van der Waals surface area contributed by atoms with E-state index in [-0.39, 0.29) is 23.8 Å². The summed E-state index contributed by atoms with van der Waals surface area (Å²) in [6.45, 7) is 0.522. The Labute approximate surface area is 158 Å². The average molecular weight is 373 g/mol. The molecule has 1 saturated heterocycles. The van der Waals surface area contributed by atoms with E-state index in [9.17, 15) is 9.18 Å². The highest BCUT2D eigenvalue weighted by Gasteiger charge is 2.29. The molecule has 27 heavy (non-hydrogen) atoms. The fraction of sp³-hybridized carbons (Fsp3) is 0.350. The first-order valence-electron chi connectivity index (χ1n) is 8.86. The van der Waals surface area contributed by atoms with Gasteiger partial charge < -0.3 is 14.8 Å². The number of amides is 1. The van der Waals surface area contributed by atoms with Gasteiger partial charge in [-0.2, -0.15) is 0 Å². The standard InChI is InChI=1S/C20H24FN3O3/c1-26-18-8-3-13(11-19(18)27-2)9-10-22-20(25)17-12-16(23-24-17)14-4-6-15(21)7-5-14/h3-8,11,16-17,23-24H,9-10,12H2,1-2H3,(H,22,25). The lowest BCUT2D eigenvalue weighted by Gasteiger charge is -2.12. The number of hydrazine groups is 1. The van der Waals surface area contributed by atoms with Crippen molar-refractivity contribution in [1.29, 1.82) is 0 Å². The zero-order valence-corrected chi connectivity index (χ0v) is 15.4. The molecule has 0 aromatic heterocycles. The maximum Gasteiger partial charge on any atom is 0.238 e. The van der Waals surface area contributed by atoms with E-state index < -0.39 is 0 Å². The molecule has 0 saturated carbocycles. The van der Waals surface area contributed by atoms with Gasteiger partial charge in [0.2, 0.25) is 5.91 Å². The fourth-order valence-electron chi connectivity index (χ4n) is 3.13. The van der Waals surface area contributed by atoms with Crippen LogP contribution in [0.1, 0.15) is 23.6 Å². The lowest BCUT2D eigenvalue weighted by atomic mass is 10.0. The summed E-state index contributed by atoms with van der Waals surface area (Å²) in [4.78, 5) is 12.4. The smallest absolute Gasteiger partial charge is 0.238 e. The van der Waals surface area contributed by atoms with Crippen LogP contribution in [0.15, 0.2) is 42.5 Å². The highest BCUT2D eigenvalue weighted by molar-refractivity contribution is 5.82. The van der Waals surface area contributed by atoms with Crippen LogP contribution in [0.4, 0.5) is 4.39 Å². The molecule has 1 amide bonds. The molecule has 1 aliphatic heterocycles. The van der Waals surface area contributed by atoms with Crippen LogP contribution < -0.4 is 25.6 Å². The lowest BCUT2D eigenvalue weighted by molar-refractivity contribution is -0.122. The van der Waals surface area contributed by atoms with Gasteiger partial charge in [0, 0.05) is 12.6 Å². The zero-order chi connectivity index (χ0) is 19.2. The number of hydrogen-bond acceptors (Lipinski definition) is 5. The Morgan fingerprint density at radius 2 is 1.85 bits per heavy atom. The number of ether oxygens (including phenoxy) is 2. The van der Waals surface area contributed by atoms with Crippen molar-refractivity contribution >= 4 is 5.91 Å². The van der Waals surface area contributed by atoms with E-state index >= 15 is 0 Å². The maximum atomic E-state index is 13.0. The Bertz CT molecular complexity index is 783. The Morgan fingerprint density at radius 3 is 2.56 bits per heavy atom. The number of hydrogen-bond donors (Lipinski definition) is 3. The Morgan fingerprint density at radius 1 is 1.11 bits per heavy atom. The second-order valence-corrected chi connectivity index (χ2v) is 6.41. The van der Waals surface area contributed by atoms with Crippen molar-refractivity contribution in [3.05, 3.63) is 59.4 Å². The van der Waals surface area contributed by atoms with Gasteiger partial charge in [-0.3, -0.25) is 4.79 Å². The summed E-state index contributed by atoms with van der Waals surface area (Å²) in [6.07, 6.45) is 1.29. The highest BCUT2D eigenvalue weighted by atomic mass is 19.1. The first-order valence-corrected chi connectivity index (χ1v) is 8.86. The number of carbonyl (C=O) groups excluding carboxylic acids is 1. The number of methoxy groups -OCH3 is 2. The number of nitrogens with one attached hydrogen (secondary N) is 3. The van der Waals surface area contributed by atoms with Gasteiger partial charge in [0.1, 0.15) is 11.9 Å². The van der Waals surface area contributed by atoms with E-state index in [1.165, 1.54) is 12.1 Å². The van der Waals surface area contributed by atoms with E-state index in [1.807, 2.05) is 18.2 Å². The minimum Gasteiger partial charge on any atom is -0.493 e. The van der Waals surface area contributed by atoms with Gasteiger partial charge in [0.25, 0.3) is 0 Å². The van der Waals surface area contributed by atoms with Crippen molar-refractivity contribution in [2.75, 3.05) is 20.8 Å². The first-order chi connectivity index (χ1) is 13.1. The number of benzene rings is 2. The summed E-state index contributed by atoms with van der Waals surface area (Å²) in [5, 5.41) is 2.95. The largest absolute Gasteiger partial charge is 0.493 e. The number of halogens is 1. The van der Waals surface area contributed by atoms with Gasteiger partial charge in [-0.25, -0.2) is 15.2 Å². The summed E-state index contributed by atoms with van der Waals surface area (Å²) < 4.78 is 23.5. The quantitative estimate of drug-likeness (QED) is 0.693. The van der Waals surface area contributed by atoms with Crippen LogP contribution in [-0.2, 0) is 11.2 Å². The van der Waals surface area contributed by atoms with Crippen LogP contribution in [0.3, 0.4) is 0 Å². The summed E-state index contributed by atoms with van der Waals surface area (Å²) in [6, 6.07) is 11.7. The van der Waals surface area contributed by atoms with E-state index in [0.717, 1.165) is 11.1 Å². The maximum absolute atomic E-state index is 13.0. The molecule has 0 radical (unpaired) electrons. The van der Waals surface area contributed by atoms with Crippen LogP contribution in [0.25, 0.3) is 0 Å². The molecule has 0 bridgehead atoms. The molecule has 1 fully saturated rings. The molecule has 2 atom stereocenters. The van der Waals surface area contributed by atoms with Crippen LogP contribution >= 0.6 is 0 Å². The number of rotatable bonds is 7. The minimum atomic E-state index is -0.328. The van der Waals surface area contributed by atoms with Gasteiger partial charge in [0.05, 0.1) is 14.2 Å². The van der Waals surface area contributed by atoms with Crippen molar-refractivity contribution in [2.45, 2.75) is 24.9 Å². The third kappa shape index (κ3) is 4.75. The average Bonchev–Trinajstić information content (AvgIpc) is 3.18. The second kappa shape index (κ2) is 8.83. The van der Waals surface area contributed by atoms with E-state index in [2.05, 4.69) is 16.2 Å². The predicted octanol–water partition coefficient (Wildman–Crippen LogP) is 2.11. The lowest BCUT2D eigenvalue weighted by Crippen LogP contribution is -2.43. The van der Waals surface area contributed by atoms with Gasteiger partial charge in [-0.15, -0.1) is 0 Å². The Hall–Kier alpha value is -2.64. The first kappa shape index (κ1) is 19.1. The highest BCUT2D eigenvalue weighted by Crippen LogP contribution is 2.27. The van der Waals surface area contributed by atoms with Crippen molar-refractivity contribution in [3.63, 3.8) is 0 Å². The van der Waals surface area contributed by atoms with Crippen molar-refractivity contribution in [1.82, 2.24) is 16.2 Å². The third-order valence-electron chi connectivity index (χ3n) is 4.65. The third-order valence-corrected chi connectivity index (χ3v) is 4.65. The molecule has 3 rings (SSSR count). The zero-order valence-electron chi connectivity index (χ0n) is 15.4. The van der Waals surface area contributed by atoms with E-state index in [4.69, 9.17) is 9.47 Å². The molecule has 144 valence electrons. The van der Waals surface area contributed by atoms with Crippen molar-refractivity contribution in [3.8, 4) is 11.5 Å². The van der Waals surface area contributed by atoms with Gasteiger partial charge >= 0.3 is 0 Å². The van der Waals surface area contributed by atoms with Crippen LogP contribution in [0.5, 0.6) is 11.5 Å². The summed E-state index contributed by atoms with van der Waals surface area (Å²) in [5.41, 5.74) is 8.10. The summed E-state index contributed by atoms with van der Waals surface area (Å²) in [5.74, 6) is 1.02. The second-order valence-electron chi connectivity index (χ2n) is 6.41. The van der Waals surface area contributed by atoms with Gasteiger partial charge in [-0.1, -0.05) is 18.2 Å². The minimum absolute atomic E-state index is 0.0211.